The van der Waals surface area contributed by atoms with Crippen LogP contribution in [0, 0.1) is 18.3 Å². The first-order valence-electron chi connectivity index (χ1n) is 7.64. The van der Waals surface area contributed by atoms with Gasteiger partial charge in [0, 0.05) is 18.4 Å². The highest BCUT2D eigenvalue weighted by atomic mass is 79.9. The number of pyridine rings is 1. The van der Waals surface area contributed by atoms with Gasteiger partial charge in [0.05, 0.1) is 31.5 Å². The lowest BCUT2D eigenvalue weighted by molar-refractivity contribution is 0.184. The summed E-state index contributed by atoms with van der Waals surface area (Å²) >= 11 is 3.44. The number of rotatable bonds is 7. The second-order valence-electron chi connectivity index (χ2n) is 5.30. The van der Waals surface area contributed by atoms with Crippen molar-refractivity contribution in [3.8, 4) is 17.6 Å². The molecular formula is C18H19BrN4O3. The van der Waals surface area contributed by atoms with E-state index in [4.69, 9.17) is 14.2 Å². The van der Waals surface area contributed by atoms with E-state index in [9.17, 15) is 5.26 Å². The fourth-order valence-corrected chi connectivity index (χ4v) is 3.02. The Hall–Kier alpha value is -2.63. The summed E-state index contributed by atoms with van der Waals surface area (Å²) in [7, 11) is 4.72. The largest absolute Gasteiger partial charge is 0.493 e. The summed E-state index contributed by atoms with van der Waals surface area (Å²) in [6, 6.07) is 7.60. The molecule has 0 radical (unpaired) electrons. The summed E-state index contributed by atoms with van der Waals surface area (Å²) in [4.78, 5) is 4.34. The number of hydrogen-bond acceptors (Lipinski definition) is 7. The third-order valence-corrected chi connectivity index (χ3v) is 4.07. The van der Waals surface area contributed by atoms with Crippen LogP contribution in [0.1, 0.15) is 22.4 Å². The maximum absolute atomic E-state index is 9.42. The van der Waals surface area contributed by atoms with Crippen LogP contribution < -0.4 is 14.9 Å². The minimum Gasteiger partial charge on any atom is -0.493 e. The molecular weight excluding hydrogens is 400 g/mol. The highest BCUT2D eigenvalue weighted by Crippen LogP contribution is 2.35. The van der Waals surface area contributed by atoms with Crippen LogP contribution in [0.3, 0.4) is 0 Å². The van der Waals surface area contributed by atoms with Crippen molar-refractivity contribution in [1.29, 1.82) is 5.26 Å². The minimum absolute atomic E-state index is 0.327. The molecule has 0 saturated heterocycles. The van der Waals surface area contributed by atoms with Crippen molar-refractivity contribution in [2.75, 3.05) is 26.8 Å². The van der Waals surface area contributed by atoms with Crippen LogP contribution in [0.25, 0.3) is 0 Å². The van der Waals surface area contributed by atoms with Crippen molar-refractivity contribution in [3.05, 3.63) is 45.1 Å². The second-order valence-corrected chi connectivity index (χ2v) is 6.15. The quantitative estimate of drug-likeness (QED) is 0.545. The average Bonchev–Trinajstić information content (AvgIpc) is 2.61. The first kappa shape index (κ1) is 19.7. The number of aromatic nitrogens is 1. The summed E-state index contributed by atoms with van der Waals surface area (Å²) in [5, 5.41) is 13.6. The first-order chi connectivity index (χ1) is 12.5. The second kappa shape index (κ2) is 9.17. The van der Waals surface area contributed by atoms with E-state index in [2.05, 4.69) is 37.5 Å². The topological polar surface area (TPSA) is 88.8 Å². The molecule has 1 N–H and O–H groups in total. The van der Waals surface area contributed by atoms with Gasteiger partial charge in [-0.25, -0.2) is 4.98 Å². The van der Waals surface area contributed by atoms with E-state index < -0.39 is 0 Å². The number of benzene rings is 1. The molecule has 1 aromatic heterocycles. The molecule has 0 spiro atoms. The molecule has 0 atom stereocenters. The van der Waals surface area contributed by atoms with Gasteiger partial charge in [-0.1, -0.05) is 0 Å². The molecule has 2 rings (SSSR count). The Morgan fingerprint density at radius 1 is 1.27 bits per heavy atom. The average molecular weight is 419 g/mol. The molecule has 136 valence electrons. The molecule has 0 aliphatic rings. The van der Waals surface area contributed by atoms with Gasteiger partial charge in [-0.05, 0) is 46.6 Å². The minimum atomic E-state index is 0.327. The first-order valence-corrected chi connectivity index (χ1v) is 8.43. The SMILES string of the molecule is COCc1cc(C)nc(NN=Cc2cc(Br)c(OC)c(OC)c2)c1C#N. The zero-order valence-corrected chi connectivity index (χ0v) is 16.5. The number of hydrogen-bond donors (Lipinski definition) is 1. The lowest BCUT2D eigenvalue weighted by Crippen LogP contribution is -2.03. The van der Waals surface area contributed by atoms with Crippen LogP contribution in [0.5, 0.6) is 11.5 Å². The van der Waals surface area contributed by atoms with E-state index in [0.717, 1.165) is 21.3 Å². The normalized spacial score (nSPS) is 10.6. The number of aryl methyl sites for hydroxylation is 1. The Labute approximate surface area is 160 Å². The Balaban J connectivity index is 2.29. The van der Waals surface area contributed by atoms with Gasteiger partial charge in [-0.3, -0.25) is 5.43 Å². The molecule has 8 heteroatoms. The Morgan fingerprint density at radius 3 is 2.65 bits per heavy atom. The number of hydrazone groups is 1. The molecule has 1 aromatic carbocycles. The highest BCUT2D eigenvalue weighted by molar-refractivity contribution is 9.10. The van der Waals surface area contributed by atoms with Crippen LogP contribution >= 0.6 is 15.9 Å². The van der Waals surface area contributed by atoms with Gasteiger partial charge in [0.25, 0.3) is 0 Å². The Kier molecular flexibility index (Phi) is 6.95. The number of anilines is 1. The third kappa shape index (κ3) is 4.50. The number of nitriles is 1. The summed E-state index contributed by atoms with van der Waals surface area (Å²) in [6.07, 6.45) is 1.61. The fourth-order valence-electron chi connectivity index (χ4n) is 2.40. The number of nitrogens with one attached hydrogen (secondary N) is 1. The maximum Gasteiger partial charge on any atom is 0.174 e. The van der Waals surface area contributed by atoms with Gasteiger partial charge in [-0.15, -0.1) is 0 Å². The molecule has 2 aromatic rings. The highest BCUT2D eigenvalue weighted by Gasteiger charge is 2.12. The van der Waals surface area contributed by atoms with Gasteiger partial charge in [0.15, 0.2) is 17.3 Å². The Morgan fingerprint density at radius 2 is 2.04 bits per heavy atom. The number of ether oxygens (including phenoxy) is 3. The molecule has 0 aliphatic carbocycles. The van der Waals surface area contributed by atoms with E-state index in [1.54, 1.807) is 33.6 Å². The molecule has 0 unspecified atom stereocenters. The lowest BCUT2D eigenvalue weighted by atomic mass is 10.1. The summed E-state index contributed by atoms with van der Waals surface area (Å²) < 4.78 is 16.5. The van der Waals surface area contributed by atoms with Gasteiger partial charge in [0.2, 0.25) is 0 Å². The molecule has 0 saturated carbocycles. The standard InChI is InChI=1S/C18H19BrN4O3/c1-11-5-13(10-24-2)14(8-20)18(22-11)23-21-9-12-6-15(19)17(26-4)16(7-12)25-3/h5-7,9H,10H2,1-4H3,(H,22,23). The predicted octanol–water partition coefficient (Wildman–Crippen LogP) is 3.63. The van der Waals surface area contributed by atoms with E-state index in [1.165, 1.54) is 0 Å². The zero-order valence-electron chi connectivity index (χ0n) is 15.0. The maximum atomic E-state index is 9.42. The molecule has 0 amide bonds. The Bertz CT molecular complexity index is 862. The van der Waals surface area contributed by atoms with Gasteiger partial charge >= 0.3 is 0 Å². The summed E-state index contributed by atoms with van der Waals surface area (Å²) in [5.41, 5.74) is 5.54. The number of methoxy groups -OCH3 is 3. The van der Waals surface area contributed by atoms with Gasteiger partial charge in [-0.2, -0.15) is 10.4 Å². The van der Waals surface area contributed by atoms with Gasteiger partial charge in [0.1, 0.15) is 11.6 Å². The van der Waals surface area contributed by atoms with E-state index in [0.29, 0.717) is 29.5 Å². The molecule has 1 heterocycles. The van der Waals surface area contributed by atoms with Crippen LogP contribution in [0.15, 0.2) is 27.8 Å². The zero-order chi connectivity index (χ0) is 19.1. The van der Waals surface area contributed by atoms with Crippen LogP contribution in [-0.2, 0) is 11.3 Å². The molecule has 0 aliphatic heterocycles. The summed E-state index contributed by atoms with van der Waals surface area (Å²) in [5.74, 6) is 1.57. The van der Waals surface area contributed by atoms with E-state index >= 15 is 0 Å². The predicted molar refractivity (Wildman–Crippen MR) is 103 cm³/mol. The third-order valence-electron chi connectivity index (χ3n) is 3.48. The molecule has 7 nitrogen and oxygen atoms in total. The molecule has 26 heavy (non-hydrogen) atoms. The molecule has 0 bridgehead atoms. The number of nitrogens with zero attached hydrogens (tertiary/aromatic N) is 3. The van der Waals surface area contributed by atoms with Gasteiger partial charge < -0.3 is 14.2 Å². The summed E-state index contributed by atoms with van der Waals surface area (Å²) in [6.45, 7) is 2.17. The van der Waals surface area contributed by atoms with Crippen molar-refractivity contribution in [1.82, 2.24) is 4.98 Å². The van der Waals surface area contributed by atoms with Crippen LogP contribution in [0.2, 0.25) is 0 Å². The van der Waals surface area contributed by atoms with Crippen molar-refractivity contribution in [2.24, 2.45) is 5.10 Å². The van der Waals surface area contributed by atoms with Crippen LogP contribution in [0.4, 0.5) is 5.82 Å². The van der Waals surface area contributed by atoms with Crippen molar-refractivity contribution in [3.63, 3.8) is 0 Å². The van der Waals surface area contributed by atoms with E-state index in [1.807, 2.05) is 19.1 Å². The number of halogens is 1. The lowest BCUT2D eigenvalue weighted by Gasteiger charge is -2.11. The van der Waals surface area contributed by atoms with Crippen LogP contribution in [-0.4, -0.2) is 32.5 Å². The monoisotopic (exact) mass is 418 g/mol. The van der Waals surface area contributed by atoms with Crippen molar-refractivity contribution < 1.29 is 14.2 Å². The fraction of sp³-hybridized carbons (Fsp3) is 0.278. The smallest absolute Gasteiger partial charge is 0.174 e. The van der Waals surface area contributed by atoms with E-state index in [-0.39, 0.29) is 0 Å². The molecule has 0 fully saturated rings. The van der Waals surface area contributed by atoms with Crippen molar-refractivity contribution >= 4 is 28.0 Å². The van der Waals surface area contributed by atoms with Crippen molar-refractivity contribution in [2.45, 2.75) is 13.5 Å².